The van der Waals surface area contributed by atoms with E-state index < -0.39 is 6.10 Å². The highest BCUT2D eigenvalue weighted by Gasteiger charge is 2.31. The summed E-state index contributed by atoms with van der Waals surface area (Å²) in [5, 5.41) is 3.88. The Labute approximate surface area is 191 Å². The van der Waals surface area contributed by atoms with Gasteiger partial charge in [0.2, 0.25) is 0 Å². The van der Waals surface area contributed by atoms with Crippen LogP contribution in [-0.4, -0.2) is 30.1 Å². The molecule has 0 aliphatic carbocycles. The van der Waals surface area contributed by atoms with Crippen molar-refractivity contribution in [1.82, 2.24) is 4.98 Å². The van der Waals surface area contributed by atoms with Crippen LogP contribution < -0.4 is 14.4 Å². The fraction of sp³-hybridized carbons (Fsp3) is 0.333. The average Bonchev–Trinajstić information content (AvgIpc) is 3.23. The summed E-state index contributed by atoms with van der Waals surface area (Å²) in [4.78, 5) is 19.4. The zero-order valence-electron chi connectivity index (χ0n) is 17.6. The van der Waals surface area contributed by atoms with Gasteiger partial charge in [-0.05, 0) is 68.7 Å². The molecular weight excluding hydrogens is 432 g/mol. The normalized spacial score (nSPS) is 15.5. The van der Waals surface area contributed by atoms with Gasteiger partial charge in [-0.3, -0.25) is 4.79 Å². The number of thiazole rings is 1. The van der Waals surface area contributed by atoms with Gasteiger partial charge in [0, 0.05) is 22.5 Å². The summed E-state index contributed by atoms with van der Waals surface area (Å²) in [6.45, 7) is 4.99. The van der Waals surface area contributed by atoms with E-state index in [4.69, 9.17) is 26.1 Å². The smallest absolute Gasteiger partial charge is 0.267 e. The number of anilines is 1. The Kier molecular flexibility index (Phi) is 6.78. The highest BCUT2D eigenvalue weighted by Crippen LogP contribution is 2.38. The summed E-state index contributed by atoms with van der Waals surface area (Å²) in [5.74, 6) is 1.44. The molecule has 0 spiro atoms. The first-order chi connectivity index (χ1) is 15.0. The van der Waals surface area contributed by atoms with Crippen LogP contribution in [0.2, 0.25) is 5.02 Å². The molecule has 31 heavy (non-hydrogen) atoms. The van der Waals surface area contributed by atoms with E-state index in [1.807, 2.05) is 30.3 Å². The molecule has 7 heteroatoms. The highest BCUT2D eigenvalue weighted by atomic mass is 35.5. The van der Waals surface area contributed by atoms with Gasteiger partial charge in [-0.2, -0.15) is 0 Å². The largest absolute Gasteiger partial charge is 0.494 e. The van der Waals surface area contributed by atoms with Gasteiger partial charge in [0.1, 0.15) is 11.5 Å². The number of hydrogen-bond donors (Lipinski definition) is 0. The van der Waals surface area contributed by atoms with E-state index in [0.717, 1.165) is 46.3 Å². The first kappa shape index (κ1) is 21.7. The van der Waals surface area contributed by atoms with Crippen LogP contribution in [0.3, 0.4) is 0 Å². The Morgan fingerprint density at radius 3 is 2.81 bits per heavy atom. The van der Waals surface area contributed by atoms with Gasteiger partial charge in [-0.1, -0.05) is 18.5 Å². The molecule has 1 atom stereocenters. The van der Waals surface area contributed by atoms with Crippen LogP contribution in [-0.2, 0) is 11.2 Å². The molecule has 0 N–H and O–H groups in total. The number of ether oxygens (including phenoxy) is 2. The topological polar surface area (TPSA) is 51.7 Å². The Balaban J connectivity index is 1.48. The van der Waals surface area contributed by atoms with Crippen molar-refractivity contribution in [3.05, 3.63) is 57.9 Å². The third-order valence-corrected chi connectivity index (χ3v) is 6.25. The lowest BCUT2D eigenvalue weighted by Crippen LogP contribution is -2.45. The molecular formula is C24H25ClN2O3S. The van der Waals surface area contributed by atoms with Crippen molar-refractivity contribution in [3.63, 3.8) is 0 Å². The Hall–Kier alpha value is -2.57. The molecule has 0 radical (unpaired) electrons. The van der Waals surface area contributed by atoms with E-state index in [0.29, 0.717) is 24.6 Å². The number of carbonyl (C=O) groups excluding carboxylic acids is 1. The third-order valence-electron chi connectivity index (χ3n) is 5.09. The van der Waals surface area contributed by atoms with Crippen LogP contribution in [0.4, 0.5) is 5.69 Å². The standard InChI is InChI=1S/C24H25ClN2O3S/c1-3-5-23-26-20(15-31-23)17-6-11-22-21(14-17)27(24(28)16(2)30-22)12-4-13-29-19-9-7-18(25)8-10-19/h6-11,14-16H,3-5,12-13H2,1-2H3. The molecule has 1 amide bonds. The fourth-order valence-corrected chi connectivity index (χ4v) is 4.55. The van der Waals surface area contributed by atoms with E-state index >= 15 is 0 Å². The van der Waals surface area contributed by atoms with Gasteiger partial charge in [0.25, 0.3) is 5.91 Å². The van der Waals surface area contributed by atoms with Crippen molar-refractivity contribution in [2.75, 3.05) is 18.1 Å². The van der Waals surface area contributed by atoms with Gasteiger partial charge in [0.15, 0.2) is 6.10 Å². The van der Waals surface area contributed by atoms with Crippen molar-refractivity contribution >= 4 is 34.5 Å². The van der Waals surface area contributed by atoms with Crippen LogP contribution in [0.25, 0.3) is 11.3 Å². The lowest BCUT2D eigenvalue weighted by molar-refractivity contribution is -0.125. The molecule has 3 aromatic rings. The maximum Gasteiger partial charge on any atom is 0.267 e. The van der Waals surface area contributed by atoms with E-state index in [2.05, 4.69) is 12.3 Å². The van der Waals surface area contributed by atoms with Crippen molar-refractivity contribution in [2.45, 2.75) is 39.2 Å². The molecule has 5 nitrogen and oxygen atoms in total. The number of benzene rings is 2. The van der Waals surface area contributed by atoms with Crippen molar-refractivity contribution in [2.24, 2.45) is 0 Å². The van der Waals surface area contributed by atoms with Crippen LogP contribution >= 0.6 is 22.9 Å². The average molecular weight is 457 g/mol. The van der Waals surface area contributed by atoms with E-state index in [-0.39, 0.29) is 5.91 Å². The third kappa shape index (κ3) is 5.02. The van der Waals surface area contributed by atoms with Crippen LogP contribution in [0.15, 0.2) is 47.8 Å². The molecule has 0 saturated heterocycles. The Morgan fingerprint density at radius 2 is 2.03 bits per heavy atom. The van der Waals surface area contributed by atoms with Crippen LogP contribution in [0, 0.1) is 0 Å². The molecule has 162 valence electrons. The minimum atomic E-state index is -0.508. The number of amides is 1. The number of aromatic nitrogens is 1. The van der Waals surface area contributed by atoms with Gasteiger partial charge < -0.3 is 14.4 Å². The maximum atomic E-state index is 12.9. The second kappa shape index (κ2) is 9.71. The first-order valence-electron chi connectivity index (χ1n) is 10.5. The number of rotatable bonds is 8. The van der Waals surface area contributed by atoms with Crippen LogP contribution in [0.1, 0.15) is 31.7 Å². The number of halogens is 1. The van der Waals surface area contributed by atoms with E-state index in [1.54, 1.807) is 35.3 Å². The zero-order chi connectivity index (χ0) is 21.8. The molecule has 0 bridgehead atoms. The summed E-state index contributed by atoms with van der Waals surface area (Å²) in [6.07, 6.45) is 2.24. The van der Waals surface area contributed by atoms with Gasteiger partial charge in [0.05, 0.1) is 23.0 Å². The summed E-state index contributed by atoms with van der Waals surface area (Å²) in [7, 11) is 0. The van der Waals surface area contributed by atoms with Gasteiger partial charge in [-0.15, -0.1) is 11.3 Å². The number of aryl methyl sites for hydroxylation is 1. The lowest BCUT2D eigenvalue weighted by Gasteiger charge is -2.33. The molecule has 4 rings (SSSR count). The summed E-state index contributed by atoms with van der Waals surface area (Å²) < 4.78 is 11.6. The Bertz CT molecular complexity index is 1050. The van der Waals surface area contributed by atoms with E-state index in [1.165, 1.54) is 0 Å². The fourth-order valence-electron chi connectivity index (χ4n) is 3.51. The molecule has 1 aromatic heterocycles. The molecule has 2 heterocycles. The molecule has 1 aliphatic rings. The summed E-state index contributed by atoms with van der Waals surface area (Å²) in [6, 6.07) is 13.2. The SMILES string of the molecule is CCCc1nc(-c2ccc3c(c2)N(CCCOc2ccc(Cl)cc2)C(=O)C(C)O3)cs1. The zero-order valence-corrected chi connectivity index (χ0v) is 19.2. The highest BCUT2D eigenvalue weighted by molar-refractivity contribution is 7.09. The second-order valence-corrected chi connectivity index (χ2v) is 8.84. The lowest BCUT2D eigenvalue weighted by atomic mass is 10.1. The molecule has 1 unspecified atom stereocenters. The predicted molar refractivity (Wildman–Crippen MR) is 126 cm³/mol. The minimum Gasteiger partial charge on any atom is -0.494 e. The van der Waals surface area contributed by atoms with E-state index in [9.17, 15) is 4.79 Å². The van der Waals surface area contributed by atoms with Crippen molar-refractivity contribution in [1.29, 1.82) is 0 Å². The Morgan fingerprint density at radius 1 is 1.23 bits per heavy atom. The molecule has 0 saturated carbocycles. The molecule has 0 fully saturated rings. The molecule has 2 aromatic carbocycles. The monoisotopic (exact) mass is 456 g/mol. The number of carbonyl (C=O) groups is 1. The predicted octanol–water partition coefficient (Wildman–Crippen LogP) is 6.00. The summed E-state index contributed by atoms with van der Waals surface area (Å²) >= 11 is 7.59. The maximum absolute atomic E-state index is 12.9. The second-order valence-electron chi connectivity index (χ2n) is 7.46. The first-order valence-corrected chi connectivity index (χ1v) is 11.8. The molecule has 1 aliphatic heterocycles. The summed E-state index contributed by atoms with van der Waals surface area (Å²) in [5.41, 5.74) is 2.72. The van der Waals surface area contributed by atoms with Crippen molar-refractivity contribution in [3.8, 4) is 22.8 Å². The van der Waals surface area contributed by atoms with Crippen molar-refractivity contribution < 1.29 is 14.3 Å². The van der Waals surface area contributed by atoms with Gasteiger partial charge in [-0.25, -0.2) is 4.98 Å². The van der Waals surface area contributed by atoms with Gasteiger partial charge >= 0.3 is 0 Å². The van der Waals surface area contributed by atoms with Crippen LogP contribution in [0.5, 0.6) is 11.5 Å². The number of hydrogen-bond acceptors (Lipinski definition) is 5. The number of nitrogens with zero attached hydrogens (tertiary/aromatic N) is 2. The quantitative estimate of drug-likeness (QED) is 0.390. The minimum absolute atomic E-state index is 0.0407. The number of fused-ring (bicyclic) bond motifs is 1.